The molecule has 0 saturated carbocycles. The van der Waals surface area contributed by atoms with Crippen molar-refractivity contribution in [3.63, 3.8) is 0 Å². The molecule has 0 aliphatic heterocycles. The average molecular weight is 457 g/mol. The number of hydrogen-bond acceptors (Lipinski definition) is 4. The summed E-state index contributed by atoms with van der Waals surface area (Å²) in [7, 11) is 3.01. The van der Waals surface area contributed by atoms with E-state index in [1.54, 1.807) is 12.1 Å². The first kappa shape index (κ1) is 21.4. The molecule has 0 spiro atoms. The Morgan fingerprint density at radius 1 is 1.11 bits per heavy atom. The number of carbonyl (C=O) groups excluding carboxylic acids is 1. The minimum atomic E-state index is -0.312. The fourth-order valence-electron chi connectivity index (χ4n) is 2.53. The Morgan fingerprint density at radius 2 is 1.78 bits per heavy atom. The van der Waals surface area contributed by atoms with Crippen molar-refractivity contribution >= 4 is 39.1 Å². The Balaban J connectivity index is 2.15. The zero-order valence-corrected chi connectivity index (χ0v) is 18.3. The third-order valence-electron chi connectivity index (χ3n) is 4.02. The smallest absolute Gasteiger partial charge is 0.262 e. The minimum Gasteiger partial charge on any atom is -0.495 e. The van der Waals surface area contributed by atoms with Gasteiger partial charge in [0.25, 0.3) is 5.91 Å². The van der Waals surface area contributed by atoms with Gasteiger partial charge in [0.2, 0.25) is 0 Å². The van der Waals surface area contributed by atoms with Gasteiger partial charge in [0.15, 0.2) is 6.61 Å². The summed E-state index contributed by atoms with van der Waals surface area (Å²) in [4.78, 5) is 12.4. The molecule has 0 atom stereocenters. The number of anilines is 1. The standard InChI is InChI=1S/C20H23BrClNO4/c1-11(2)13-7-14(21)12(3)6-17(13)27-10-20(24)23-16-9-18(25-4)15(22)8-19(16)26-5/h6-9,11H,10H2,1-5H3,(H,23,24). The average Bonchev–Trinajstić information content (AvgIpc) is 2.63. The topological polar surface area (TPSA) is 56.8 Å². The molecule has 0 bridgehead atoms. The molecule has 1 N–H and O–H groups in total. The summed E-state index contributed by atoms with van der Waals surface area (Å²) in [5.41, 5.74) is 2.54. The van der Waals surface area contributed by atoms with E-state index in [1.807, 2.05) is 19.1 Å². The van der Waals surface area contributed by atoms with Crippen LogP contribution in [0.2, 0.25) is 5.02 Å². The van der Waals surface area contributed by atoms with Gasteiger partial charge in [-0.3, -0.25) is 4.79 Å². The van der Waals surface area contributed by atoms with Crippen LogP contribution in [0.4, 0.5) is 5.69 Å². The summed E-state index contributed by atoms with van der Waals surface area (Å²) < 4.78 is 17.3. The lowest BCUT2D eigenvalue weighted by atomic mass is 10.0. The number of aryl methyl sites for hydroxylation is 1. The lowest BCUT2D eigenvalue weighted by molar-refractivity contribution is -0.118. The van der Waals surface area contributed by atoms with Crippen LogP contribution in [0.15, 0.2) is 28.7 Å². The van der Waals surface area contributed by atoms with Crippen molar-refractivity contribution < 1.29 is 19.0 Å². The fourth-order valence-corrected chi connectivity index (χ4v) is 3.13. The molecule has 0 unspecified atom stereocenters. The lowest BCUT2D eigenvalue weighted by Gasteiger charge is -2.17. The Kier molecular flexibility index (Phi) is 7.39. The largest absolute Gasteiger partial charge is 0.495 e. The zero-order chi connectivity index (χ0) is 20.1. The van der Waals surface area contributed by atoms with Crippen molar-refractivity contribution in [2.45, 2.75) is 26.7 Å². The Morgan fingerprint density at radius 3 is 2.37 bits per heavy atom. The van der Waals surface area contributed by atoms with Crippen molar-refractivity contribution in [3.8, 4) is 17.2 Å². The normalized spacial score (nSPS) is 10.7. The molecule has 2 rings (SSSR count). The van der Waals surface area contributed by atoms with Crippen molar-refractivity contribution in [1.29, 1.82) is 0 Å². The summed E-state index contributed by atoms with van der Waals surface area (Å²) in [6, 6.07) is 7.16. The number of rotatable bonds is 7. The molecule has 0 radical (unpaired) electrons. The quantitative estimate of drug-likeness (QED) is 0.592. The van der Waals surface area contributed by atoms with Crippen LogP contribution in [-0.4, -0.2) is 26.7 Å². The molecule has 0 fully saturated rings. The van der Waals surface area contributed by atoms with Crippen molar-refractivity contribution in [2.24, 2.45) is 0 Å². The number of carbonyl (C=O) groups is 1. The second-order valence-electron chi connectivity index (χ2n) is 6.32. The molecule has 2 aromatic carbocycles. The van der Waals surface area contributed by atoms with E-state index in [0.29, 0.717) is 28.0 Å². The predicted molar refractivity (Wildman–Crippen MR) is 112 cm³/mol. The van der Waals surface area contributed by atoms with Crippen LogP contribution in [-0.2, 0) is 4.79 Å². The van der Waals surface area contributed by atoms with E-state index in [9.17, 15) is 4.79 Å². The molecular weight excluding hydrogens is 434 g/mol. The second kappa shape index (κ2) is 9.33. The van der Waals surface area contributed by atoms with Gasteiger partial charge in [-0.2, -0.15) is 0 Å². The molecule has 0 heterocycles. The summed E-state index contributed by atoms with van der Waals surface area (Å²) in [6.07, 6.45) is 0. The third kappa shape index (κ3) is 5.30. The van der Waals surface area contributed by atoms with E-state index < -0.39 is 0 Å². The SMILES string of the molecule is COc1cc(NC(=O)COc2cc(C)c(Br)cc2C(C)C)c(OC)cc1Cl. The maximum atomic E-state index is 12.4. The van der Waals surface area contributed by atoms with E-state index >= 15 is 0 Å². The lowest BCUT2D eigenvalue weighted by Crippen LogP contribution is -2.21. The van der Waals surface area contributed by atoms with Gasteiger partial charge in [0.05, 0.1) is 24.9 Å². The molecule has 2 aromatic rings. The minimum absolute atomic E-state index is 0.130. The van der Waals surface area contributed by atoms with Crippen LogP contribution < -0.4 is 19.5 Å². The first-order valence-corrected chi connectivity index (χ1v) is 9.58. The van der Waals surface area contributed by atoms with Crippen molar-refractivity contribution in [2.75, 3.05) is 26.1 Å². The van der Waals surface area contributed by atoms with E-state index in [0.717, 1.165) is 15.6 Å². The van der Waals surface area contributed by atoms with Gasteiger partial charge in [-0.05, 0) is 36.1 Å². The highest BCUT2D eigenvalue weighted by molar-refractivity contribution is 9.10. The predicted octanol–water partition coefficient (Wildman–Crippen LogP) is 5.57. The van der Waals surface area contributed by atoms with E-state index in [-0.39, 0.29) is 18.4 Å². The number of benzene rings is 2. The highest BCUT2D eigenvalue weighted by Gasteiger charge is 2.15. The van der Waals surface area contributed by atoms with Gasteiger partial charge in [-0.25, -0.2) is 0 Å². The molecule has 1 amide bonds. The Hall–Kier alpha value is -1.92. The highest BCUT2D eigenvalue weighted by atomic mass is 79.9. The van der Waals surface area contributed by atoms with Crippen molar-refractivity contribution in [1.82, 2.24) is 0 Å². The maximum Gasteiger partial charge on any atom is 0.262 e. The van der Waals surface area contributed by atoms with Gasteiger partial charge < -0.3 is 19.5 Å². The molecular formula is C20H23BrClNO4. The Labute approximate surface area is 173 Å². The zero-order valence-electron chi connectivity index (χ0n) is 16.0. The molecule has 146 valence electrons. The molecule has 7 heteroatoms. The molecule has 0 aromatic heterocycles. The summed E-state index contributed by atoms with van der Waals surface area (Å²) in [5.74, 6) is 1.53. The fraction of sp³-hybridized carbons (Fsp3) is 0.350. The van der Waals surface area contributed by atoms with Crippen molar-refractivity contribution in [3.05, 3.63) is 44.9 Å². The van der Waals surface area contributed by atoms with Crippen LogP contribution in [0.3, 0.4) is 0 Å². The highest BCUT2D eigenvalue weighted by Crippen LogP contribution is 2.36. The number of amides is 1. The molecule has 0 saturated heterocycles. The van der Waals surface area contributed by atoms with Crippen LogP contribution in [0.5, 0.6) is 17.2 Å². The van der Waals surface area contributed by atoms with Gasteiger partial charge in [-0.1, -0.05) is 41.4 Å². The van der Waals surface area contributed by atoms with Gasteiger partial charge in [0.1, 0.15) is 17.2 Å². The summed E-state index contributed by atoms with van der Waals surface area (Å²) in [5, 5.41) is 3.17. The number of hydrogen-bond donors (Lipinski definition) is 1. The molecule has 27 heavy (non-hydrogen) atoms. The second-order valence-corrected chi connectivity index (χ2v) is 7.58. The van der Waals surface area contributed by atoms with Gasteiger partial charge >= 0.3 is 0 Å². The van der Waals surface area contributed by atoms with Gasteiger partial charge in [-0.15, -0.1) is 0 Å². The van der Waals surface area contributed by atoms with Gasteiger partial charge in [0, 0.05) is 16.6 Å². The monoisotopic (exact) mass is 455 g/mol. The van der Waals surface area contributed by atoms with E-state index in [1.165, 1.54) is 14.2 Å². The molecule has 5 nitrogen and oxygen atoms in total. The van der Waals surface area contributed by atoms with E-state index in [2.05, 4.69) is 35.1 Å². The van der Waals surface area contributed by atoms with Crippen LogP contribution in [0.1, 0.15) is 30.9 Å². The van der Waals surface area contributed by atoms with Crippen LogP contribution >= 0.6 is 27.5 Å². The number of nitrogens with one attached hydrogen (secondary N) is 1. The maximum absolute atomic E-state index is 12.4. The number of methoxy groups -OCH3 is 2. The first-order valence-electron chi connectivity index (χ1n) is 8.41. The third-order valence-corrected chi connectivity index (χ3v) is 5.17. The molecule has 0 aliphatic carbocycles. The first-order chi connectivity index (χ1) is 12.8. The van der Waals surface area contributed by atoms with Crippen LogP contribution in [0, 0.1) is 6.92 Å². The summed E-state index contributed by atoms with van der Waals surface area (Å²) in [6.45, 7) is 6.00. The number of ether oxygens (including phenoxy) is 3. The Bertz CT molecular complexity index is 839. The van der Waals surface area contributed by atoms with E-state index in [4.69, 9.17) is 25.8 Å². The van der Waals surface area contributed by atoms with Crippen LogP contribution in [0.25, 0.3) is 0 Å². The molecule has 0 aliphatic rings. The number of halogens is 2. The summed E-state index contributed by atoms with van der Waals surface area (Å²) >= 11 is 9.62.